The van der Waals surface area contributed by atoms with Crippen molar-refractivity contribution in [3.8, 4) is 0 Å². The number of nitrogens with one attached hydrogen (secondary N) is 1. The zero-order valence-corrected chi connectivity index (χ0v) is 16.6. The third kappa shape index (κ3) is 2.96. The fourth-order valence-corrected chi connectivity index (χ4v) is 4.52. The van der Waals surface area contributed by atoms with Gasteiger partial charge in [-0.15, -0.1) is 11.8 Å². The van der Waals surface area contributed by atoms with Gasteiger partial charge >= 0.3 is 0 Å². The molecule has 0 fully saturated rings. The van der Waals surface area contributed by atoms with Crippen molar-refractivity contribution in [1.29, 1.82) is 0 Å². The van der Waals surface area contributed by atoms with E-state index in [0.717, 1.165) is 15.8 Å². The van der Waals surface area contributed by atoms with Gasteiger partial charge in [0.25, 0.3) is 0 Å². The fraction of sp³-hybridized carbons (Fsp3) is 0.238. The Hall–Kier alpha value is -2.80. The third-order valence-electron chi connectivity index (χ3n) is 5.02. The van der Waals surface area contributed by atoms with Crippen LogP contribution in [0.1, 0.15) is 13.8 Å². The summed E-state index contributed by atoms with van der Waals surface area (Å²) in [6, 6.07) is 12.1. The van der Waals surface area contributed by atoms with Crippen molar-refractivity contribution in [3.05, 3.63) is 54.5 Å². The second-order valence-corrected chi connectivity index (χ2v) is 8.33. The van der Waals surface area contributed by atoms with E-state index in [1.54, 1.807) is 13.8 Å². The average Bonchev–Trinajstić information content (AvgIpc) is 2.97. The summed E-state index contributed by atoms with van der Waals surface area (Å²) >= 11 is 1.43. The highest BCUT2D eigenvalue weighted by Crippen LogP contribution is 2.38. The molecule has 0 saturated heterocycles. The average molecular weight is 397 g/mol. The lowest BCUT2D eigenvalue weighted by molar-refractivity contribution is -0.125. The Bertz CT molecular complexity index is 1110. The zero-order chi connectivity index (χ0) is 20.1. The first-order valence-electron chi connectivity index (χ1n) is 8.90. The second kappa shape index (κ2) is 6.67. The number of rotatable bonds is 3. The normalized spacial score (nSPS) is 15.4. The predicted molar refractivity (Wildman–Crippen MR) is 110 cm³/mol. The molecule has 2 amide bonds. The Morgan fingerprint density at radius 3 is 2.75 bits per heavy atom. The molecule has 5 nitrogen and oxygen atoms in total. The molecule has 4 rings (SSSR count). The maximum atomic E-state index is 13.6. The van der Waals surface area contributed by atoms with E-state index in [1.165, 1.54) is 34.9 Å². The smallest absolute Gasteiger partial charge is 0.250 e. The molecular formula is C21H20FN3O2S. The summed E-state index contributed by atoms with van der Waals surface area (Å²) in [6.07, 6.45) is 2.00. The second-order valence-electron chi connectivity index (χ2n) is 7.31. The number of aryl methyl sites for hydroxylation is 1. The van der Waals surface area contributed by atoms with Crippen molar-refractivity contribution >= 4 is 45.9 Å². The number of aromatic nitrogens is 1. The largest absolute Gasteiger partial charge is 0.349 e. The maximum Gasteiger partial charge on any atom is 0.250 e. The van der Waals surface area contributed by atoms with E-state index in [2.05, 4.69) is 5.32 Å². The summed E-state index contributed by atoms with van der Waals surface area (Å²) in [5, 5.41) is 3.78. The van der Waals surface area contributed by atoms with Gasteiger partial charge in [0.2, 0.25) is 11.8 Å². The number of para-hydroxylation sites is 1. The van der Waals surface area contributed by atoms with Gasteiger partial charge in [0, 0.05) is 29.0 Å². The highest BCUT2D eigenvalue weighted by Gasteiger charge is 2.43. The summed E-state index contributed by atoms with van der Waals surface area (Å²) in [4.78, 5) is 28.1. The van der Waals surface area contributed by atoms with Gasteiger partial charge in [0.1, 0.15) is 11.4 Å². The Morgan fingerprint density at radius 2 is 1.96 bits per heavy atom. The molecule has 0 spiro atoms. The molecule has 0 aliphatic carbocycles. The summed E-state index contributed by atoms with van der Waals surface area (Å²) in [6.45, 7) is 3.38. The summed E-state index contributed by atoms with van der Waals surface area (Å²) in [7, 11) is 1.97. The molecule has 2 aromatic carbocycles. The lowest BCUT2D eigenvalue weighted by Gasteiger charge is -2.42. The Kier molecular flexibility index (Phi) is 4.42. The highest BCUT2D eigenvalue weighted by atomic mass is 32.2. The molecule has 1 aliphatic heterocycles. The lowest BCUT2D eigenvalue weighted by Crippen LogP contribution is -2.59. The van der Waals surface area contributed by atoms with Crippen molar-refractivity contribution in [2.75, 3.05) is 16.0 Å². The molecule has 2 heterocycles. The van der Waals surface area contributed by atoms with Gasteiger partial charge in [0.05, 0.1) is 17.1 Å². The number of amides is 2. The molecular weight excluding hydrogens is 377 g/mol. The van der Waals surface area contributed by atoms with Crippen molar-refractivity contribution in [2.24, 2.45) is 7.05 Å². The molecule has 1 aromatic heterocycles. The van der Waals surface area contributed by atoms with E-state index in [9.17, 15) is 14.0 Å². The van der Waals surface area contributed by atoms with Crippen LogP contribution in [0.3, 0.4) is 0 Å². The molecule has 0 bridgehead atoms. The van der Waals surface area contributed by atoms with Crippen LogP contribution in [0.5, 0.6) is 0 Å². The van der Waals surface area contributed by atoms with Gasteiger partial charge in [-0.1, -0.05) is 18.2 Å². The number of nitrogens with zero attached hydrogens (tertiary/aromatic N) is 2. The quantitative estimate of drug-likeness (QED) is 0.675. The van der Waals surface area contributed by atoms with E-state index in [4.69, 9.17) is 0 Å². The van der Waals surface area contributed by atoms with Gasteiger partial charge in [0.15, 0.2) is 0 Å². The molecule has 0 unspecified atom stereocenters. The molecule has 0 saturated carbocycles. The monoisotopic (exact) mass is 397 g/mol. The van der Waals surface area contributed by atoms with Gasteiger partial charge < -0.3 is 9.88 Å². The molecule has 28 heavy (non-hydrogen) atoms. The minimum atomic E-state index is -1.07. The number of benzene rings is 2. The first kappa shape index (κ1) is 18.6. The lowest BCUT2D eigenvalue weighted by atomic mass is 9.96. The highest BCUT2D eigenvalue weighted by molar-refractivity contribution is 8.00. The van der Waals surface area contributed by atoms with Gasteiger partial charge in [-0.3, -0.25) is 14.5 Å². The number of hydrogen-bond acceptors (Lipinski definition) is 3. The minimum absolute atomic E-state index is 0.168. The van der Waals surface area contributed by atoms with Crippen LogP contribution >= 0.6 is 11.8 Å². The van der Waals surface area contributed by atoms with E-state index in [0.29, 0.717) is 11.4 Å². The van der Waals surface area contributed by atoms with E-state index in [-0.39, 0.29) is 17.6 Å². The molecule has 3 aromatic rings. The van der Waals surface area contributed by atoms with Crippen LogP contribution in [0.15, 0.2) is 53.6 Å². The number of hydrogen-bond donors (Lipinski definition) is 1. The first-order chi connectivity index (χ1) is 13.3. The van der Waals surface area contributed by atoms with Crippen LogP contribution in [0.25, 0.3) is 10.9 Å². The Labute approximate surface area is 166 Å². The standard InChI is InChI=1S/C21H20FN3O2S/c1-21(2)20(27)23-15-10-13(22)8-9-17(15)25(21)19(26)12-28-18-11-24(3)16-7-5-4-6-14(16)18/h4-11H,12H2,1-3H3,(H,23,27). The molecule has 144 valence electrons. The number of fused-ring (bicyclic) bond motifs is 2. The van der Waals surface area contributed by atoms with E-state index >= 15 is 0 Å². The number of halogens is 1. The molecule has 1 aliphatic rings. The van der Waals surface area contributed by atoms with Crippen molar-refractivity contribution < 1.29 is 14.0 Å². The predicted octanol–water partition coefficient (Wildman–Crippen LogP) is 4.17. The van der Waals surface area contributed by atoms with Crippen molar-refractivity contribution in [1.82, 2.24) is 4.57 Å². The van der Waals surface area contributed by atoms with Crippen LogP contribution in [-0.4, -0.2) is 27.7 Å². The summed E-state index contributed by atoms with van der Waals surface area (Å²) < 4.78 is 15.6. The van der Waals surface area contributed by atoms with Crippen LogP contribution in [0, 0.1) is 5.82 Å². The van der Waals surface area contributed by atoms with Crippen molar-refractivity contribution in [3.63, 3.8) is 0 Å². The van der Waals surface area contributed by atoms with Gasteiger partial charge in [-0.25, -0.2) is 4.39 Å². The number of carbonyl (C=O) groups is 2. The topological polar surface area (TPSA) is 54.3 Å². The SMILES string of the molecule is Cn1cc(SCC(=O)N2c3ccc(F)cc3NC(=O)C2(C)C)c2ccccc21. The number of carbonyl (C=O) groups excluding carboxylic acids is 2. The van der Waals surface area contributed by atoms with E-state index < -0.39 is 11.4 Å². The Balaban J connectivity index is 1.64. The Morgan fingerprint density at radius 1 is 1.21 bits per heavy atom. The zero-order valence-electron chi connectivity index (χ0n) is 15.8. The number of thioether (sulfide) groups is 1. The van der Waals surface area contributed by atoms with Crippen LogP contribution < -0.4 is 10.2 Å². The third-order valence-corrected chi connectivity index (χ3v) is 6.05. The molecule has 1 N–H and O–H groups in total. The maximum absolute atomic E-state index is 13.6. The van der Waals surface area contributed by atoms with Gasteiger partial charge in [-0.2, -0.15) is 0 Å². The van der Waals surface area contributed by atoms with Crippen LogP contribution in [0.2, 0.25) is 0 Å². The molecule has 7 heteroatoms. The minimum Gasteiger partial charge on any atom is -0.349 e. The summed E-state index contributed by atoms with van der Waals surface area (Å²) in [5.74, 6) is -0.835. The number of anilines is 2. The van der Waals surface area contributed by atoms with Crippen molar-refractivity contribution in [2.45, 2.75) is 24.3 Å². The van der Waals surface area contributed by atoms with Crippen LogP contribution in [-0.2, 0) is 16.6 Å². The fourth-order valence-electron chi connectivity index (χ4n) is 3.55. The van der Waals surface area contributed by atoms with Crippen LogP contribution in [0.4, 0.5) is 15.8 Å². The molecule has 0 atom stereocenters. The van der Waals surface area contributed by atoms with Gasteiger partial charge in [-0.05, 0) is 38.1 Å². The molecule has 0 radical (unpaired) electrons. The first-order valence-corrected chi connectivity index (χ1v) is 9.88. The van der Waals surface area contributed by atoms with E-state index in [1.807, 2.05) is 42.1 Å². The summed E-state index contributed by atoms with van der Waals surface area (Å²) in [5.41, 5.74) is 0.847.